The highest BCUT2D eigenvalue weighted by Crippen LogP contribution is 2.23. The second kappa shape index (κ2) is 4.78. The van der Waals surface area contributed by atoms with Crippen molar-refractivity contribution in [2.45, 2.75) is 26.7 Å². The highest BCUT2D eigenvalue weighted by Gasteiger charge is 2.17. The third-order valence-corrected chi connectivity index (χ3v) is 3.95. The average molecular weight is 290 g/mol. The van der Waals surface area contributed by atoms with E-state index >= 15 is 0 Å². The number of nitrogens with one attached hydrogen (secondary N) is 1. The molecule has 0 atom stereocenters. The molecule has 0 spiro atoms. The SMILES string of the molecule is CCCc1nn(C)c2c(=O)[nH]c(-c3snnc3C)nc12. The molecule has 3 heterocycles. The molecule has 20 heavy (non-hydrogen) atoms. The van der Waals surface area contributed by atoms with Gasteiger partial charge in [0.2, 0.25) is 0 Å². The predicted octanol–water partition coefficient (Wildman–Crippen LogP) is 1.44. The van der Waals surface area contributed by atoms with Crippen molar-refractivity contribution in [1.29, 1.82) is 0 Å². The van der Waals surface area contributed by atoms with Crippen LogP contribution in [0.2, 0.25) is 0 Å². The Hall–Kier alpha value is -2.09. The van der Waals surface area contributed by atoms with E-state index in [4.69, 9.17) is 0 Å². The molecule has 3 rings (SSSR count). The maximum Gasteiger partial charge on any atom is 0.277 e. The molecule has 1 N–H and O–H groups in total. The average Bonchev–Trinajstić information content (AvgIpc) is 2.95. The lowest BCUT2D eigenvalue weighted by Gasteiger charge is -1.99. The van der Waals surface area contributed by atoms with Gasteiger partial charge in [-0.25, -0.2) is 4.98 Å². The molecule has 0 aliphatic carbocycles. The molecule has 3 aromatic rings. The minimum absolute atomic E-state index is 0.185. The van der Waals surface area contributed by atoms with Crippen LogP contribution in [-0.4, -0.2) is 29.3 Å². The molecule has 0 radical (unpaired) electrons. The first-order valence-electron chi connectivity index (χ1n) is 6.37. The van der Waals surface area contributed by atoms with E-state index in [0.29, 0.717) is 16.9 Å². The van der Waals surface area contributed by atoms with Gasteiger partial charge in [-0.1, -0.05) is 17.8 Å². The molecule has 0 aliphatic rings. The van der Waals surface area contributed by atoms with Crippen molar-refractivity contribution in [3.63, 3.8) is 0 Å². The molecule has 104 valence electrons. The van der Waals surface area contributed by atoms with Gasteiger partial charge in [0.05, 0.1) is 11.4 Å². The van der Waals surface area contributed by atoms with E-state index in [-0.39, 0.29) is 5.56 Å². The molecule has 0 saturated carbocycles. The molecular formula is C12H14N6OS. The minimum atomic E-state index is -0.185. The zero-order chi connectivity index (χ0) is 14.3. The summed E-state index contributed by atoms with van der Waals surface area (Å²) >= 11 is 1.22. The maximum absolute atomic E-state index is 12.3. The monoisotopic (exact) mass is 290 g/mol. The van der Waals surface area contributed by atoms with Gasteiger partial charge >= 0.3 is 0 Å². The number of hydrogen-bond acceptors (Lipinski definition) is 6. The van der Waals surface area contributed by atoms with E-state index in [9.17, 15) is 4.79 Å². The fourth-order valence-corrected chi connectivity index (χ4v) is 2.81. The van der Waals surface area contributed by atoms with E-state index in [1.807, 2.05) is 6.92 Å². The highest BCUT2D eigenvalue weighted by molar-refractivity contribution is 7.09. The molecule has 7 nitrogen and oxygen atoms in total. The number of aryl methyl sites for hydroxylation is 3. The fraction of sp³-hybridized carbons (Fsp3) is 0.417. The Morgan fingerprint density at radius 3 is 2.85 bits per heavy atom. The van der Waals surface area contributed by atoms with Crippen LogP contribution < -0.4 is 5.56 Å². The standard InChI is InChI=1S/C12H14N6OS/c1-4-5-7-8-9(18(3)16-7)12(19)14-11(13-8)10-6(2)15-17-20-10/h4-5H2,1-3H3,(H,13,14,19). The van der Waals surface area contributed by atoms with Crippen molar-refractivity contribution >= 4 is 22.6 Å². The fourth-order valence-electron chi connectivity index (χ4n) is 2.21. The Morgan fingerprint density at radius 2 is 2.20 bits per heavy atom. The number of aromatic nitrogens is 6. The van der Waals surface area contributed by atoms with Crippen molar-refractivity contribution in [3.8, 4) is 10.7 Å². The van der Waals surface area contributed by atoms with Crippen LogP contribution in [0.25, 0.3) is 21.7 Å². The van der Waals surface area contributed by atoms with Gasteiger partial charge in [-0.05, 0) is 24.9 Å². The van der Waals surface area contributed by atoms with E-state index < -0.39 is 0 Å². The topological polar surface area (TPSA) is 89.4 Å². The lowest BCUT2D eigenvalue weighted by molar-refractivity contribution is 0.751. The summed E-state index contributed by atoms with van der Waals surface area (Å²) in [6.45, 7) is 3.92. The Labute approximate surface area is 118 Å². The van der Waals surface area contributed by atoms with E-state index in [0.717, 1.165) is 29.1 Å². The molecule has 0 aromatic carbocycles. The summed E-state index contributed by atoms with van der Waals surface area (Å²) in [5, 5.41) is 8.34. The zero-order valence-electron chi connectivity index (χ0n) is 11.5. The smallest absolute Gasteiger partial charge is 0.277 e. The molecule has 0 saturated heterocycles. The van der Waals surface area contributed by atoms with E-state index in [1.165, 1.54) is 11.5 Å². The number of hydrogen-bond donors (Lipinski definition) is 1. The Bertz CT molecular complexity index is 830. The lowest BCUT2D eigenvalue weighted by atomic mass is 10.2. The van der Waals surface area contributed by atoms with Crippen LogP contribution in [0.15, 0.2) is 4.79 Å². The number of aromatic amines is 1. The molecule has 3 aromatic heterocycles. The third kappa shape index (κ3) is 1.92. The van der Waals surface area contributed by atoms with Crippen LogP contribution in [0.3, 0.4) is 0 Å². The lowest BCUT2D eigenvalue weighted by Crippen LogP contribution is -2.12. The molecular weight excluding hydrogens is 276 g/mol. The quantitative estimate of drug-likeness (QED) is 0.788. The van der Waals surface area contributed by atoms with E-state index in [1.54, 1.807) is 11.7 Å². The van der Waals surface area contributed by atoms with Crippen molar-refractivity contribution in [2.75, 3.05) is 0 Å². The van der Waals surface area contributed by atoms with Crippen LogP contribution >= 0.6 is 11.5 Å². The Kier molecular flexibility index (Phi) is 3.09. The van der Waals surface area contributed by atoms with Crippen molar-refractivity contribution < 1.29 is 0 Å². The van der Waals surface area contributed by atoms with Crippen LogP contribution in [-0.2, 0) is 13.5 Å². The predicted molar refractivity (Wildman–Crippen MR) is 76.8 cm³/mol. The van der Waals surface area contributed by atoms with Crippen molar-refractivity contribution in [3.05, 3.63) is 21.7 Å². The van der Waals surface area contributed by atoms with Gasteiger partial charge in [-0.2, -0.15) is 5.10 Å². The molecule has 0 fully saturated rings. The number of fused-ring (bicyclic) bond motifs is 1. The maximum atomic E-state index is 12.3. The van der Waals surface area contributed by atoms with E-state index in [2.05, 4.69) is 31.6 Å². The normalized spacial score (nSPS) is 11.3. The Balaban J connectivity index is 2.30. The summed E-state index contributed by atoms with van der Waals surface area (Å²) in [7, 11) is 1.76. The molecule has 0 aliphatic heterocycles. The van der Waals surface area contributed by atoms with Crippen LogP contribution in [0.1, 0.15) is 24.7 Å². The van der Waals surface area contributed by atoms with Gasteiger partial charge in [0.15, 0.2) is 11.3 Å². The molecule has 0 amide bonds. The summed E-state index contributed by atoms with van der Waals surface area (Å²) in [6.07, 6.45) is 1.75. The van der Waals surface area contributed by atoms with Crippen molar-refractivity contribution in [1.82, 2.24) is 29.3 Å². The molecule has 8 heteroatoms. The van der Waals surface area contributed by atoms with Gasteiger partial charge in [-0.3, -0.25) is 9.48 Å². The second-order valence-electron chi connectivity index (χ2n) is 4.62. The zero-order valence-corrected chi connectivity index (χ0v) is 12.3. The first-order chi connectivity index (χ1) is 9.61. The van der Waals surface area contributed by atoms with Gasteiger partial charge in [-0.15, -0.1) is 5.10 Å². The first-order valence-corrected chi connectivity index (χ1v) is 7.14. The minimum Gasteiger partial charge on any atom is -0.304 e. The molecule has 0 bridgehead atoms. The van der Waals surface area contributed by atoms with Crippen LogP contribution in [0, 0.1) is 6.92 Å². The Morgan fingerprint density at radius 1 is 1.40 bits per heavy atom. The first kappa shape index (κ1) is 12.9. The summed E-state index contributed by atoms with van der Waals surface area (Å²) in [5.41, 5.74) is 2.61. The van der Waals surface area contributed by atoms with Gasteiger partial charge in [0.25, 0.3) is 5.56 Å². The number of H-pyrrole nitrogens is 1. The summed E-state index contributed by atoms with van der Waals surface area (Å²) in [5.74, 6) is 0.514. The van der Waals surface area contributed by atoms with Crippen molar-refractivity contribution in [2.24, 2.45) is 7.05 Å². The summed E-state index contributed by atoms with van der Waals surface area (Å²) in [4.78, 5) is 20.4. The summed E-state index contributed by atoms with van der Waals surface area (Å²) in [6, 6.07) is 0. The van der Waals surface area contributed by atoms with Crippen LogP contribution in [0.4, 0.5) is 0 Å². The number of nitrogens with zero attached hydrogens (tertiary/aromatic N) is 5. The third-order valence-electron chi connectivity index (χ3n) is 3.12. The molecule has 0 unspecified atom stereocenters. The van der Waals surface area contributed by atoms with Gasteiger partial charge < -0.3 is 4.98 Å². The largest absolute Gasteiger partial charge is 0.304 e. The van der Waals surface area contributed by atoms with Crippen LogP contribution in [0.5, 0.6) is 0 Å². The van der Waals surface area contributed by atoms with Gasteiger partial charge in [0, 0.05) is 7.05 Å². The summed E-state index contributed by atoms with van der Waals surface area (Å²) < 4.78 is 5.47. The highest BCUT2D eigenvalue weighted by atomic mass is 32.1. The van der Waals surface area contributed by atoms with Gasteiger partial charge in [0.1, 0.15) is 10.4 Å². The second-order valence-corrected chi connectivity index (χ2v) is 5.37. The number of rotatable bonds is 3.